The lowest BCUT2D eigenvalue weighted by Crippen LogP contribution is -2.11. The molecule has 0 aliphatic rings. The molecule has 7 aromatic carbocycles. The Kier molecular flexibility index (Phi) is 5.20. The van der Waals surface area contributed by atoms with Gasteiger partial charge in [-0.05, 0) is 59.0 Å². The number of furan rings is 2. The highest BCUT2D eigenvalue weighted by Crippen LogP contribution is 2.48. The molecular weight excluding hydrogens is 526 g/mol. The standard InChI is InChI=1S/C40H25NO2/c1-2-11-26(12-3-1)27-14-10-15-29(23-27)41(30-21-22-33-32-17-6-8-19-35(32)42-37(33)25-30)40-31-16-5-4-13-28(31)24-38-39(40)34-18-7-9-20-36(34)43-38/h1-25H. The van der Waals surface area contributed by atoms with E-state index in [9.17, 15) is 0 Å². The van der Waals surface area contributed by atoms with Crippen LogP contribution in [-0.4, -0.2) is 0 Å². The molecule has 3 nitrogen and oxygen atoms in total. The van der Waals surface area contributed by atoms with E-state index >= 15 is 0 Å². The van der Waals surface area contributed by atoms with Crippen molar-refractivity contribution in [1.82, 2.24) is 0 Å². The minimum Gasteiger partial charge on any atom is -0.456 e. The first kappa shape index (κ1) is 23.9. The van der Waals surface area contributed by atoms with E-state index in [-0.39, 0.29) is 0 Å². The lowest BCUT2D eigenvalue weighted by Gasteiger charge is -2.28. The van der Waals surface area contributed by atoms with Gasteiger partial charge in [0.2, 0.25) is 0 Å². The number of para-hydroxylation sites is 2. The summed E-state index contributed by atoms with van der Waals surface area (Å²) < 4.78 is 12.9. The summed E-state index contributed by atoms with van der Waals surface area (Å²) >= 11 is 0. The molecule has 0 aliphatic carbocycles. The van der Waals surface area contributed by atoms with E-state index in [1.54, 1.807) is 0 Å². The zero-order chi connectivity index (χ0) is 28.3. The molecule has 0 N–H and O–H groups in total. The van der Waals surface area contributed by atoms with Crippen LogP contribution < -0.4 is 4.90 Å². The van der Waals surface area contributed by atoms with Crippen LogP contribution >= 0.6 is 0 Å². The molecule has 43 heavy (non-hydrogen) atoms. The maximum absolute atomic E-state index is 6.48. The van der Waals surface area contributed by atoms with Crippen molar-refractivity contribution in [2.45, 2.75) is 0 Å². The second-order valence-electron chi connectivity index (χ2n) is 10.9. The molecule has 0 atom stereocenters. The second-order valence-corrected chi connectivity index (χ2v) is 10.9. The Morgan fingerprint density at radius 1 is 0.372 bits per heavy atom. The molecule has 2 heterocycles. The van der Waals surface area contributed by atoms with E-state index in [1.807, 2.05) is 24.3 Å². The highest BCUT2D eigenvalue weighted by molar-refractivity contribution is 6.22. The summed E-state index contributed by atoms with van der Waals surface area (Å²) in [6, 6.07) is 53.1. The average Bonchev–Trinajstić information content (AvgIpc) is 3.63. The number of benzene rings is 7. The Morgan fingerprint density at radius 3 is 1.86 bits per heavy atom. The molecule has 2 aromatic heterocycles. The summed E-state index contributed by atoms with van der Waals surface area (Å²) in [5, 5.41) is 6.68. The Morgan fingerprint density at radius 2 is 1.00 bits per heavy atom. The molecule has 0 fully saturated rings. The summed E-state index contributed by atoms with van der Waals surface area (Å²) in [5.74, 6) is 0. The lowest BCUT2D eigenvalue weighted by molar-refractivity contribution is 0.669. The van der Waals surface area contributed by atoms with Crippen molar-refractivity contribution in [3.05, 3.63) is 152 Å². The summed E-state index contributed by atoms with van der Waals surface area (Å²) in [4.78, 5) is 2.37. The Labute approximate surface area is 247 Å². The van der Waals surface area contributed by atoms with E-state index in [4.69, 9.17) is 8.83 Å². The van der Waals surface area contributed by atoms with E-state index in [1.165, 1.54) is 5.56 Å². The minimum atomic E-state index is 0.858. The Hall–Kier alpha value is -5.80. The molecule has 202 valence electrons. The quantitative estimate of drug-likeness (QED) is 0.218. The van der Waals surface area contributed by atoms with E-state index in [0.717, 1.165) is 77.3 Å². The fourth-order valence-corrected chi connectivity index (χ4v) is 6.47. The first-order chi connectivity index (χ1) is 21.3. The topological polar surface area (TPSA) is 29.5 Å². The van der Waals surface area contributed by atoms with Crippen molar-refractivity contribution in [3.8, 4) is 11.1 Å². The number of hydrogen-bond donors (Lipinski definition) is 0. The Balaban J connectivity index is 1.40. The second kappa shape index (κ2) is 9.37. The van der Waals surface area contributed by atoms with Gasteiger partial charge >= 0.3 is 0 Å². The Bertz CT molecular complexity index is 2470. The van der Waals surface area contributed by atoms with Crippen LogP contribution in [0.25, 0.3) is 65.8 Å². The molecule has 0 saturated heterocycles. The number of rotatable bonds is 4. The molecule has 0 amide bonds. The van der Waals surface area contributed by atoms with Gasteiger partial charge in [-0.3, -0.25) is 0 Å². The largest absolute Gasteiger partial charge is 0.456 e. The monoisotopic (exact) mass is 551 g/mol. The van der Waals surface area contributed by atoms with Gasteiger partial charge in [-0.25, -0.2) is 0 Å². The molecule has 0 unspecified atom stereocenters. The fraction of sp³-hybridized carbons (Fsp3) is 0. The predicted molar refractivity (Wildman–Crippen MR) is 179 cm³/mol. The summed E-state index contributed by atoms with van der Waals surface area (Å²) in [6.07, 6.45) is 0. The van der Waals surface area contributed by atoms with Crippen LogP contribution in [0.5, 0.6) is 0 Å². The average molecular weight is 552 g/mol. The zero-order valence-corrected chi connectivity index (χ0v) is 23.2. The lowest BCUT2D eigenvalue weighted by atomic mass is 9.99. The molecule has 0 saturated carbocycles. The highest BCUT2D eigenvalue weighted by atomic mass is 16.3. The van der Waals surface area contributed by atoms with Crippen LogP contribution in [0.4, 0.5) is 17.1 Å². The van der Waals surface area contributed by atoms with Crippen molar-refractivity contribution >= 4 is 71.7 Å². The number of nitrogens with zero attached hydrogens (tertiary/aromatic N) is 1. The molecule has 9 rings (SSSR count). The molecule has 0 aliphatic heterocycles. The molecule has 3 heteroatoms. The van der Waals surface area contributed by atoms with Crippen LogP contribution in [0.1, 0.15) is 0 Å². The third-order valence-corrected chi connectivity index (χ3v) is 8.42. The number of fused-ring (bicyclic) bond motifs is 7. The minimum absolute atomic E-state index is 0.858. The maximum atomic E-state index is 6.48. The van der Waals surface area contributed by atoms with Crippen LogP contribution in [-0.2, 0) is 0 Å². The third kappa shape index (κ3) is 3.75. The summed E-state index contributed by atoms with van der Waals surface area (Å²) in [7, 11) is 0. The third-order valence-electron chi connectivity index (χ3n) is 8.42. The van der Waals surface area contributed by atoms with E-state index < -0.39 is 0 Å². The molecule has 0 spiro atoms. The van der Waals surface area contributed by atoms with Crippen molar-refractivity contribution < 1.29 is 8.83 Å². The summed E-state index contributed by atoms with van der Waals surface area (Å²) in [6.45, 7) is 0. The van der Waals surface area contributed by atoms with Crippen LogP contribution in [0.2, 0.25) is 0 Å². The van der Waals surface area contributed by atoms with Gasteiger partial charge in [0.15, 0.2) is 0 Å². The van der Waals surface area contributed by atoms with Crippen molar-refractivity contribution in [2.75, 3.05) is 4.90 Å². The van der Waals surface area contributed by atoms with E-state index in [2.05, 4.69) is 132 Å². The van der Waals surface area contributed by atoms with Gasteiger partial charge in [-0.2, -0.15) is 0 Å². The molecular formula is C40H25NO2. The van der Waals surface area contributed by atoms with E-state index in [0.29, 0.717) is 0 Å². The number of hydrogen-bond acceptors (Lipinski definition) is 3. The first-order valence-electron chi connectivity index (χ1n) is 14.5. The van der Waals surface area contributed by atoms with Gasteiger partial charge in [-0.1, -0.05) is 103 Å². The molecule has 0 bridgehead atoms. The van der Waals surface area contributed by atoms with Crippen molar-refractivity contribution in [3.63, 3.8) is 0 Å². The van der Waals surface area contributed by atoms with Gasteiger partial charge in [0.1, 0.15) is 22.3 Å². The molecule has 0 radical (unpaired) electrons. The van der Waals surface area contributed by atoms with Gasteiger partial charge in [-0.15, -0.1) is 0 Å². The smallest absolute Gasteiger partial charge is 0.138 e. The molecule has 9 aromatic rings. The van der Waals surface area contributed by atoms with Gasteiger partial charge in [0.25, 0.3) is 0 Å². The zero-order valence-electron chi connectivity index (χ0n) is 23.2. The van der Waals surface area contributed by atoms with Gasteiger partial charge in [0, 0.05) is 39.0 Å². The van der Waals surface area contributed by atoms with Crippen molar-refractivity contribution in [1.29, 1.82) is 0 Å². The normalized spacial score (nSPS) is 11.7. The first-order valence-corrected chi connectivity index (χ1v) is 14.5. The fourth-order valence-electron chi connectivity index (χ4n) is 6.47. The SMILES string of the molecule is c1ccc(-c2cccc(N(c3ccc4c(c3)oc3ccccc34)c3c4ccccc4cc4oc5ccccc5c34)c2)cc1. The van der Waals surface area contributed by atoms with Crippen LogP contribution in [0.3, 0.4) is 0 Å². The maximum Gasteiger partial charge on any atom is 0.138 e. The number of anilines is 3. The van der Waals surface area contributed by atoms with Gasteiger partial charge < -0.3 is 13.7 Å². The van der Waals surface area contributed by atoms with Crippen LogP contribution in [0, 0.1) is 0 Å². The highest BCUT2D eigenvalue weighted by Gasteiger charge is 2.23. The van der Waals surface area contributed by atoms with Gasteiger partial charge in [0.05, 0.1) is 11.1 Å². The van der Waals surface area contributed by atoms with Crippen molar-refractivity contribution in [2.24, 2.45) is 0 Å². The predicted octanol–water partition coefficient (Wildman–Crippen LogP) is 11.8. The summed E-state index contributed by atoms with van der Waals surface area (Å²) in [5.41, 5.74) is 8.97. The van der Waals surface area contributed by atoms with Crippen LogP contribution in [0.15, 0.2) is 160 Å².